The van der Waals surface area contributed by atoms with E-state index in [2.05, 4.69) is 21.0 Å². The van der Waals surface area contributed by atoms with Crippen molar-refractivity contribution in [1.82, 2.24) is 21.0 Å². The Morgan fingerprint density at radius 2 is 1.74 bits per heavy atom. The molecule has 0 aliphatic heterocycles. The molecule has 2 aromatic carbocycles. The minimum absolute atomic E-state index is 0.0629. The van der Waals surface area contributed by atoms with Gasteiger partial charge in [-0.1, -0.05) is 35.0 Å². The van der Waals surface area contributed by atoms with Gasteiger partial charge >= 0.3 is 0 Å². The summed E-state index contributed by atoms with van der Waals surface area (Å²) in [5.74, 6) is 0.143. The third-order valence-corrected chi connectivity index (χ3v) is 4.96. The molecule has 2 amide bonds. The molecule has 1 heterocycles. The molecule has 0 atom stereocenters. The maximum absolute atomic E-state index is 11.9. The van der Waals surface area contributed by atoms with Crippen LogP contribution in [-0.2, 0) is 9.59 Å². The maximum atomic E-state index is 11.9. The molecular formula is C19H16Cl2N4O5S. The molecule has 0 spiro atoms. The number of nitrogens with zero attached hydrogens (tertiary/aromatic N) is 2. The normalized spacial score (nSPS) is 10.4. The second-order valence-corrected chi connectivity index (χ2v) is 7.64. The van der Waals surface area contributed by atoms with Crippen molar-refractivity contribution < 1.29 is 23.5 Å². The van der Waals surface area contributed by atoms with E-state index in [1.54, 1.807) is 42.5 Å². The Bertz CT molecular complexity index is 1060. The van der Waals surface area contributed by atoms with E-state index in [9.17, 15) is 9.59 Å². The number of ether oxygens (including phenoxy) is 2. The number of hydrogen-bond acceptors (Lipinski definition) is 8. The highest BCUT2D eigenvalue weighted by Crippen LogP contribution is 2.32. The highest BCUT2D eigenvalue weighted by atomic mass is 35.5. The lowest BCUT2D eigenvalue weighted by molar-refractivity contribution is -0.128. The Balaban J connectivity index is 1.43. The Hall–Kier alpha value is -2.95. The van der Waals surface area contributed by atoms with Gasteiger partial charge in [-0.15, -0.1) is 10.2 Å². The third kappa shape index (κ3) is 6.78. The number of amides is 2. The number of carbonyl (C=O) groups excluding carboxylic acids is 2. The summed E-state index contributed by atoms with van der Waals surface area (Å²) >= 11 is 12.8. The smallest absolute Gasteiger partial charge is 0.277 e. The molecule has 162 valence electrons. The van der Waals surface area contributed by atoms with Crippen molar-refractivity contribution in [2.24, 2.45) is 0 Å². The minimum Gasteiger partial charge on any atom is -0.496 e. The molecule has 12 heteroatoms. The highest BCUT2D eigenvalue weighted by Gasteiger charge is 2.15. The first-order valence-electron chi connectivity index (χ1n) is 8.71. The van der Waals surface area contributed by atoms with Gasteiger partial charge in [0.05, 0.1) is 18.4 Å². The monoisotopic (exact) mass is 482 g/mol. The van der Waals surface area contributed by atoms with Gasteiger partial charge in [-0.05, 0) is 42.5 Å². The zero-order valence-corrected chi connectivity index (χ0v) is 18.4. The van der Waals surface area contributed by atoms with Gasteiger partial charge in [0, 0.05) is 10.0 Å². The lowest BCUT2D eigenvalue weighted by atomic mass is 10.2. The van der Waals surface area contributed by atoms with Crippen LogP contribution < -0.4 is 20.3 Å². The molecule has 1 aromatic heterocycles. The number of rotatable bonds is 8. The maximum Gasteiger partial charge on any atom is 0.277 e. The molecule has 3 rings (SSSR count). The Morgan fingerprint density at radius 1 is 1.03 bits per heavy atom. The molecule has 0 aliphatic rings. The Kier molecular flexibility index (Phi) is 7.99. The SMILES string of the molecule is COc1ccc(Cl)cc1-c1nnc(SCC(=O)NNC(=O)COc2ccc(Cl)cc2)o1. The van der Waals surface area contributed by atoms with Crippen LogP contribution in [-0.4, -0.2) is 41.5 Å². The van der Waals surface area contributed by atoms with Crippen molar-refractivity contribution in [2.75, 3.05) is 19.5 Å². The van der Waals surface area contributed by atoms with Gasteiger partial charge in [-0.3, -0.25) is 20.4 Å². The van der Waals surface area contributed by atoms with Crippen molar-refractivity contribution in [3.8, 4) is 23.0 Å². The van der Waals surface area contributed by atoms with E-state index in [4.69, 9.17) is 37.1 Å². The minimum atomic E-state index is -0.526. The topological polar surface area (TPSA) is 116 Å². The van der Waals surface area contributed by atoms with E-state index >= 15 is 0 Å². The zero-order valence-electron chi connectivity index (χ0n) is 16.1. The first-order valence-corrected chi connectivity index (χ1v) is 10.4. The predicted molar refractivity (Wildman–Crippen MR) is 115 cm³/mol. The Morgan fingerprint density at radius 3 is 2.48 bits per heavy atom. The number of aromatic nitrogens is 2. The standard InChI is InChI=1S/C19H16Cl2N4O5S/c1-28-15-7-4-12(21)8-14(15)18-24-25-19(30-18)31-10-17(27)23-22-16(26)9-29-13-5-2-11(20)3-6-13/h2-8H,9-10H2,1H3,(H,22,26)(H,23,27). The van der Waals surface area contributed by atoms with E-state index in [1.165, 1.54) is 7.11 Å². The molecule has 2 N–H and O–H groups in total. The number of benzene rings is 2. The summed E-state index contributed by atoms with van der Waals surface area (Å²) in [4.78, 5) is 23.7. The van der Waals surface area contributed by atoms with Crippen molar-refractivity contribution >= 4 is 46.8 Å². The average Bonchev–Trinajstić information content (AvgIpc) is 3.25. The van der Waals surface area contributed by atoms with E-state index in [1.807, 2.05) is 0 Å². The Labute approximate surface area is 191 Å². The van der Waals surface area contributed by atoms with Crippen molar-refractivity contribution in [3.63, 3.8) is 0 Å². The van der Waals surface area contributed by atoms with Crippen LogP contribution in [0.15, 0.2) is 52.1 Å². The molecule has 31 heavy (non-hydrogen) atoms. The molecule has 0 saturated carbocycles. The molecular weight excluding hydrogens is 467 g/mol. The van der Waals surface area contributed by atoms with Crippen LogP contribution in [0.2, 0.25) is 10.0 Å². The molecule has 3 aromatic rings. The van der Waals surface area contributed by atoms with Gasteiger partial charge in [0.25, 0.3) is 17.0 Å². The number of halogens is 2. The highest BCUT2D eigenvalue weighted by molar-refractivity contribution is 7.99. The number of thioether (sulfide) groups is 1. The van der Waals surface area contributed by atoms with Crippen molar-refractivity contribution in [2.45, 2.75) is 5.22 Å². The summed E-state index contributed by atoms with van der Waals surface area (Å²) < 4.78 is 16.1. The number of methoxy groups -OCH3 is 1. The average molecular weight is 483 g/mol. The van der Waals surface area contributed by atoms with Gasteiger partial charge in [0.1, 0.15) is 11.5 Å². The van der Waals surface area contributed by atoms with E-state index < -0.39 is 11.8 Å². The van der Waals surface area contributed by atoms with E-state index in [-0.39, 0.29) is 23.5 Å². The molecule has 0 unspecified atom stereocenters. The fourth-order valence-electron chi connectivity index (χ4n) is 2.24. The lowest BCUT2D eigenvalue weighted by Crippen LogP contribution is -2.44. The van der Waals surface area contributed by atoms with Gasteiger partial charge in [0.2, 0.25) is 5.91 Å². The lowest BCUT2D eigenvalue weighted by Gasteiger charge is -2.08. The van der Waals surface area contributed by atoms with Crippen LogP contribution in [0.4, 0.5) is 0 Å². The van der Waals surface area contributed by atoms with Crippen LogP contribution in [0.5, 0.6) is 11.5 Å². The number of hydrazine groups is 1. The summed E-state index contributed by atoms with van der Waals surface area (Å²) in [6.07, 6.45) is 0. The molecule has 0 aliphatic carbocycles. The van der Waals surface area contributed by atoms with Crippen molar-refractivity contribution in [3.05, 3.63) is 52.5 Å². The molecule has 0 bridgehead atoms. The van der Waals surface area contributed by atoms with Gasteiger partial charge in [0.15, 0.2) is 6.61 Å². The summed E-state index contributed by atoms with van der Waals surface area (Å²) in [7, 11) is 1.51. The van der Waals surface area contributed by atoms with Crippen LogP contribution in [0, 0.1) is 0 Å². The first kappa shape index (κ1) is 22.7. The molecule has 0 saturated heterocycles. The quantitative estimate of drug-likeness (QED) is 0.370. The van der Waals surface area contributed by atoms with Crippen LogP contribution in [0.1, 0.15) is 0 Å². The van der Waals surface area contributed by atoms with Crippen LogP contribution in [0.25, 0.3) is 11.5 Å². The summed E-state index contributed by atoms with van der Waals surface area (Å²) in [6, 6.07) is 11.5. The third-order valence-electron chi connectivity index (χ3n) is 3.65. The van der Waals surface area contributed by atoms with E-state index in [0.29, 0.717) is 27.1 Å². The first-order chi connectivity index (χ1) is 14.9. The molecule has 0 radical (unpaired) electrons. The van der Waals surface area contributed by atoms with Gasteiger partial charge in [-0.2, -0.15) is 0 Å². The van der Waals surface area contributed by atoms with Crippen molar-refractivity contribution in [1.29, 1.82) is 0 Å². The number of nitrogens with one attached hydrogen (secondary N) is 2. The second kappa shape index (κ2) is 10.9. The van der Waals surface area contributed by atoms with E-state index in [0.717, 1.165) is 11.8 Å². The fourth-order valence-corrected chi connectivity index (χ4v) is 3.10. The zero-order chi connectivity index (χ0) is 22.2. The molecule has 0 fully saturated rings. The molecule has 9 nitrogen and oxygen atoms in total. The summed E-state index contributed by atoms with van der Waals surface area (Å²) in [6.45, 7) is -0.274. The second-order valence-electron chi connectivity index (χ2n) is 5.85. The van der Waals surface area contributed by atoms with Gasteiger partial charge in [-0.25, -0.2) is 0 Å². The van der Waals surface area contributed by atoms with Gasteiger partial charge < -0.3 is 13.9 Å². The number of carbonyl (C=O) groups is 2. The predicted octanol–water partition coefficient (Wildman–Crippen LogP) is 3.37. The summed E-state index contributed by atoms with van der Waals surface area (Å²) in [5, 5.41) is 9.04. The largest absolute Gasteiger partial charge is 0.496 e. The van der Waals surface area contributed by atoms with Crippen LogP contribution in [0.3, 0.4) is 0 Å². The fraction of sp³-hybridized carbons (Fsp3) is 0.158. The summed E-state index contributed by atoms with van der Waals surface area (Å²) in [5.41, 5.74) is 5.06. The van der Waals surface area contributed by atoms with Crippen LogP contribution >= 0.6 is 35.0 Å². The number of hydrogen-bond donors (Lipinski definition) is 2.